The first kappa shape index (κ1) is 20.9. The van der Waals surface area contributed by atoms with Gasteiger partial charge < -0.3 is 4.52 Å². The summed E-state index contributed by atoms with van der Waals surface area (Å²) in [6.45, 7) is 0. The second-order valence-corrected chi connectivity index (χ2v) is 5.25. The number of nitrogens with zero attached hydrogens (tertiary/aromatic N) is 5. The van der Waals surface area contributed by atoms with E-state index in [4.69, 9.17) is 9.78 Å². The zero-order chi connectivity index (χ0) is 20.4. The molecule has 0 aliphatic heterocycles. The Kier molecular flexibility index (Phi) is 9.87. The SMILES string of the molecule is N#Cn1nnncccccccccccccccc2ccccc2o[nH]1. The van der Waals surface area contributed by atoms with Crippen molar-refractivity contribution in [2.45, 2.75) is 0 Å². The molecule has 1 aromatic heterocycles. The zero-order valence-corrected chi connectivity index (χ0v) is 15.6. The van der Waals surface area contributed by atoms with E-state index in [-0.39, 0.29) is 0 Å². The lowest BCUT2D eigenvalue weighted by Gasteiger charge is -1.90. The highest BCUT2D eigenvalue weighted by atomic mass is 16.5. The number of nitrogens with one attached hydrogen (secondary N) is 1. The topological polar surface area (TPSA) is 96.3 Å². The van der Waals surface area contributed by atoms with Gasteiger partial charge in [0.15, 0.2) is 5.58 Å². The minimum atomic E-state index is 0.523. The molecule has 1 heterocycles. The molecule has 7 nitrogen and oxygen atoms in total. The summed E-state index contributed by atoms with van der Waals surface area (Å²) in [7, 11) is 0. The first-order chi connectivity index (χ1) is 14.4. The van der Waals surface area contributed by atoms with Crippen LogP contribution in [0, 0.1) is 11.5 Å². The largest absolute Gasteiger partial charge is 0.364 e. The fourth-order valence-corrected chi connectivity index (χ4v) is 1.91. The Morgan fingerprint density at radius 3 is 1.86 bits per heavy atom. The Morgan fingerprint density at radius 2 is 1.24 bits per heavy atom. The molecule has 0 fully saturated rings. The summed E-state index contributed by atoms with van der Waals surface area (Å²) < 4.78 is 5.44. The summed E-state index contributed by atoms with van der Waals surface area (Å²) in [6, 6.07) is 33.8. The molecule has 0 aliphatic carbocycles. The average Bonchev–Trinajstić information content (AvgIpc) is 2.75. The van der Waals surface area contributed by atoms with E-state index in [1.54, 1.807) is 24.4 Å². The van der Waals surface area contributed by atoms with Crippen LogP contribution in [0.15, 0.2) is 120 Å². The number of hydrogen-bond acceptors (Lipinski definition) is 5. The van der Waals surface area contributed by atoms with E-state index < -0.39 is 0 Å². The molecule has 29 heavy (non-hydrogen) atoms. The maximum atomic E-state index is 9.09. The van der Waals surface area contributed by atoms with Gasteiger partial charge in [-0.1, -0.05) is 102 Å². The van der Waals surface area contributed by atoms with Crippen molar-refractivity contribution >= 4 is 11.0 Å². The predicted molar refractivity (Wildman–Crippen MR) is 111 cm³/mol. The van der Waals surface area contributed by atoms with Crippen LogP contribution in [-0.2, 0) is 0 Å². The quantitative estimate of drug-likeness (QED) is 0.710. The van der Waals surface area contributed by atoms with Gasteiger partial charge in [-0.05, 0) is 22.6 Å². The van der Waals surface area contributed by atoms with Gasteiger partial charge in [-0.3, -0.25) is 0 Å². The van der Waals surface area contributed by atoms with Crippen LogP contribution in [-0.4, -0.2) is 25.6 Å². The number of aromatic nitrogens is 5. The van der Waals surface area contributed by atoms with Crippen molar-refractivity contribution < 1.29 is 4.52 Å². The Labute approximate surface area is 168 Å². The van der Waals surface area contributed by atoms with Crippen LogP contribution < -0.4 is 0 Å². The molecule has 0 amide bonds. The molecule has 2 aromatic rings. The van der Waals surface area contributed by atoms with Crippen molar-refractivity contribution in [2.75, 3.05) is 0 Å². The van der Waals surface area contributed by atoms with Crippen LogP contribution in [0.3, 0.4) is 0 Å². The third-order valence-corrected chi connectivity index (χ3v) is 3.20. The molecule has 1 N–H and O–H groups in total. The van der Waals surface area contributed by atoms with Crippen LogP contribution in [0.2, 0.25) is 0 Å². The van der Waals surface area contributed by atoms with Gasteiger partial charge in [-0.2, -0.15) is 5.26 Å². The lowest BCUT2D eigenvalue weighted by molar-refractivity contribution is 0.351. The Hall–Kier alpha value is -4.44. The second kappa shape index (κ2) is 13.7. The zero-order valence-electron chi connectivity index (χ0n) is 15.6. The molecule has 0 bridgehead atoms. The predicted octanol–water partition coefficient (Wildman–Crippen LogP) is 4.70. The number of para-hydroxylation sites is 1. The van der Waals surface area contributed by atoms with Gasteiger partial charge in [0.05, 0.1) is 6.20 Å². The standard InChI is InChI=1S/C22H20N6O/c23-20-28-26-25-24-19-15-11-9-7-5-3-1-2-4-6-8-10-12-16-21-17-13-14-18-22(21)29-27-28/h1-19,27H. The van der Waals surface area contributed by atoms with Gasteiger partial charge in [-0.15, -0.1) is 10.4 Å². The monoisotopic (exact) mass is 384 g/mol. The third-order valence-electron chi connectivity index (χ3n) is 3.20. The maximum Gasteiger partial charge on any atom is 0.227 e. The van der Waals surface area contributed by atoms with Gasteiger partial charge in [0.25, 0.3) is 0 Å². The summed E-state index contributed by atoms with van der Waals surface area (Å²) in [5.41, 5.74) is 0.523. The molecule has 0 saturated carbocycles. The molecule has 0 radical (unpaired) electrons. The Bertz CT molecular complexity index is 1110. The molecule has 7 heteroatoms. The highest BCUT2D eigenvalue weighted by molar-refractivity contribution is 5.75. The summed E-state index contributed by atoms with van der Waals surface area (Å²) in [4.78, 5) is 0.749. The minimum Gasteiger partial charge on any atom is -0.364 e. The van der Waals surface area contributed by atoms with E-state index in [9.17, 15) is 0 Å². The number of nitriles is 1. The number of rotatable bonds is 0. The smallest absolute Gasteiger partial charge is 0.227 e. The van der Waals surface area contributed by atoms with Gasteiger partial charge >= 0.3 is 0 Å². The molecule has 0 atom stereocenters. The van der Waals surface area contributed by atoms with Crippen LogP contribution in [0.4, 0.5) is 0 Å². The lowest BCUT2D eigenvalue weighted by atomic mass is 10.2. The van der Waals surface area contributed by atoms with Crippen LogP contribution >= 0.6 is 0 Å². The summed E-state index contributed by atoms with van der Waals surface area (Å²) in [5.74, 6) is 0. The van der Waals surface area contributed by atoms with E-state index in [2.05, 4.69) is 20.8 Å². The molecule has 1 aromatic carbocycles. The van der Waals surface area contributed by atoms with Crippen molar-refractivity contribution in [1.82, 2.24) is 25.6 Å². The lowest BCUT2D eigenvalue weighted by Crippen LogP contribution is -2.00. The molecular weight excluding hydrogens is 364 g/mol. The molecule has 144 valence electrons. The number of aromatic amines is 1. The third kappa shape index (κ3) is 9.17. The van der Waals surface area contributed by atoms with E-state index in [1.165, 1.54) is 6.20 Å². The molecule has 0 unspecified atom stereocenters. The van der Waals surface area contributed by atoms with E-state index in [0.29, 0.717) is 5.58 Å². The van der Waals surface area contributed by atoms with E-state index >= 15 is 0 Å². The van der Waals surface area contributed by atoms with Gasteiger partial charge in [0.2, 0.25) is 6.19 Å². The van der Waals surface area contributed by atoms with Crippen LogP contribution in [0.25, 0.3) is 11.0 Å². The molecule has 2 rings (SSSR count). The summed E-state index contributed by atoms with van der Waals surface area (Å²) in [5, 5.41) is 23.1. The molecule has 0 aliphatic rings. The van der Waals surface area contributed by atoms with Gasteiger partial charge in [-0.25, -0.2) is 0 Å². The normalized spacial score (nSPS) is 8.66. The average molecular weight is 384 g/mol. The van der Waals surface area contributed by atoms with Crippen molar-refractivity contribution in [3.05, 3.63) is 115 Å². The number of fused-ring (bicyclic) bond motifs is 1. The highest BCUT2D eigenvalue weighted by Crippen LogP contribution is 2.08. The maximum absolute atomic E-state index is 9.09. The first-order valence-corrected chi connectivity index (χ1v) is 8.72. The van der Waals surface area contributed by atoms with E-state index in [1.807, 2.05) is 91.0 Å². The molecule has 0 saturated heterocycles. The minimum absolute atomic E-state index is 0.523. The molecule has 0 spiro atoms. The highest BCUT2D eigenvalue weighted by Gasteiger charge is 1.87. The Balaban J connectivity index is 2.57. The van der Waals surface area contributed by atoms with Crippen LogP contribution in [0.5, 0.6) is 0 Å². The van der Waals surface area contributed by atoms with Crippen molar-refractivity contribution in [2.24, 2.45) is 0 Å². The fraction of sp³-hybridized carbons (Fsp3) is 0. The number of H-pyrrole nitrogens is 1. The van der Waals surface area contributed by atoms with Crippen LogP contribution in [0.1, 0.15) is 0 Å². The first-order valence-electron chi connectivity index (χ1n) is 8.72. The van der Waals surface area contributed by atoms with Crippen molar-refractivity contribution in [1.29, 1.82) is 5.26 Å². The number of benzene rings is 1. The summed E-state index contributed by atoms with van der Waals surface area (Å²) >= 11 is 0. The fourth-order valence-electron chi connectivity index (χ4n) is 1.91. The van der Waals surface area contributed by atoms with E-state index in [0.717, 1.165) is 10.2 Å². The van der Waals surface area contributed by atoms with Gasteiger partial charge in [0, 0.05) is 5.39 Å². The van der Waals surface area contributed by atoms with Crippen molar-refractivity contribution in [3.63, 3.8) is 0 Å². The second-order valence-electron chi connectivity index (χ2n) is 5.25. The van der Waals surface area contributed by atoms with Crippen molar-refractivity contribution in [3.8, 4) is 6.19 Å². The Morgan fingerprint density at radius 1 is 0.724 bits per heavy atom. The molecular formula is C22H20N6O. The number of hydrogen-bond donors (Lipinski definition) is 1. The summed E-state index contributed by atoms with van der Waals surface area (Å²) in [6.07, 6.45) is 3.22. The van der Waals surface area contributed by atoms with Gasteiger partial charge in [0.1, 0.15) is 0 Å².